The molecule has 0 radical (unpaired) electrons. The quantitative estimate of drug-likeness (QED) is 0.786. The molecule has 2 saturated carbocycles. The van der Waals surface area contributed by atoms with E-state index in [0.29, 0.717) is 5.41 Å². The fraction of sp³-hybridized carbons (Fsp3) is 0.647. The minimum Gasteiger partial charge on any atom is -0.313 e. The molecular formula is C17H24BrN. The normalized spacial score (nSPS) is 23.0. The highest BCUT2D eigenvalue weighted by Crippen LogP contribution is 2.39. The molecule has 1 aromatic carbocycles. The highest BCUT2D eigenvalue weighted by atomic mass is 79.9. The maximum Gasteiger partial charge on any atom is 0.0178 e. The first kappa shape index (κ1) is 13.6. The summed E-state index contributed by atoms with van der Waals surface area (Å²) in [4.78, 5) is 0. The lowest BCUT2D eigenvalue weighted by Gasteiger charge is -2.34. The molecule has 0 bridgehead atoms. The Hall–Kier alpha value is -0.340. The summed E-state index contributed by atoms with van der Waals surface area (Å²) in [6.45, 7) is 1.17. The van der Waals surface area contributed by atoms with Crippen LogP contribution < -0.4 is 5.32 Å². The highest BCUT2D eigenvalue weighted by molar-refractivity contribution is 9.10. The lowest BCUT2D eigenvalue weighted by molar-refractivity contribution is 0.346. The van der Waals surface area contributed by atoms with E-state index in [0.717, 1.165) is 6.04 Å². The molecule has 2 fully saturated rings. The van der Waals surface area contributed by atoms with Crippen LogP contribution in [0.2, 0.25) is 0 Å². The number of halogens is 1. The van der Waals surface area contributed by atoms with E-state index in [1.54, 1.807) is 0 Å². The minimum atomic E-state index is 0.378. The maximum atomic E-state index is 3.80. The second-order valence-electron chi connectivity index (χ2n) is 6.36. The molecule has 1 N–H and O–H groups in total. The summed E-state index contributed by atoms with van der Waals surface area (Å²) in [5, 5.41) is 3.80. The fourth-order valence-electron chi connectivity index (χ4n) is 3.42. The van der Waals surface area contributed by atoms with Crippen LogP contribution in [0.15, 0.2) is 28.7 Å². The molecule has 0 aliphatic heterocycles. The SMILES string of the molecule is Brc1cccc(C2(CNC3CC3)CCCCCC2)c1. The van der Waals surface area contributed by atoms with Gasteiger partial charge in [0, 0.05) is 22.5 Å². The topological polar surface area (TPSA) is 12.0 Å². The van der Waals surface area contributed by atoms with Gasteiger partial charge in [-0.2, -0.15) is 0 Å². The van der Waals surface area contributed by atoms with Gasteiger partial charge in [-0.3, -0.25) is 0 Å². The molecule has 2 heteroatoms. The van der Waals surface area contributed by atoms with E-state index in [2.05, 4.69) is 45.5 Å². The smallest absolute Gasteiger partial charge is 0.0178 e. The molecule has 104 valence electrons. The van der Waals surface area contributed by atoms with Crippen molar-refractivity contribution in [3.05, 3.63) is 34.3 Å². The van der Waals surface area contributed by atoms with Crippen molar-refractivity contribution in [2.24, 2.45) is 0 Å². The number of benzene rings is 1. The largest absolute Gasteiger partial charge is 0.313 e. The van der Waals surface area contributed by atoms with Gasteiger partial charge in [-0.1, -0.05) is 53.7 Å². The van der Waals surface area contributed by atoms with Crippen molar-refractivity contribution >= 4 is 15.9 Å². The molecule has 19 heavy (non-hydrogen) atoms. The van der Waals surface area contributed by atoms with Gasteiger partial charge in [0.2, 0.25) is 0 Å². The fourth-order valence-corrected chi connectivity index (χ4v) is 3.82. The predicted octanol–water partition coefficient (Wildman–Crippen LogP) is 4.79. The maximum absolute atomic E-state index is 3.80. The highest BCUT2D eigenvalue weighted by Gasteiger charge is 2.34. The number of nitrogens with one attached hydrogen (secondary N) is 1. The van der Waals surface area contributed by atoms with Gasteiger partial charge < -0.3 is 5.32 Å². The van der Waals surface area contributed by atoms with Gasteiger partial charge in [0.25, 0.3) is 0 Å². The molecule has 1 aromatic rings. The molecule has 2 aliphatic rings. The molecule has 1 nitrogen and oxygen atoms in total. The summed E-state index contributed by atoms with van der Waals surface area (Å²) in [5.41, 5.74) is 1.92. The average Bonchev–Trinajstić information content (AvgIpc) is 3.24. The zero-order valence-corrected chi connectivity index (χ0v) is 13.2. The van der Waals surface area contributed by atoms with Crippen molar-refractivity contribution in [3.63, 3.8) is 0 Å². The molecule has 0 aromatic heterocycles. The third-order valence-corrected chi connectivity index (χ3v) is 5.30. The molecule has 0 unspecified atom stereocenters. The number of hydrogen-bond donors (Lipinski definition) is 1. The summed E-state index contributed by atoms with van der Waals surface area (Å²) in [6, 6.07) is 9.84. The monoisotopic (exact) mass is 321 g/mol. The van der Waals surface area contributed by atoms with Crippen molar-refractivity contribution in [2.45, 2.75) is 62.8 Å². The van der Waals surface area contributed by atoms with Gasteiger partial charge in [0.15, 0.2) is 0 Å². The van der Waals surface area contributed by atoms with Crippen LogP contribution in [-0.2, 0) is 5.41 Å². The van der Waals surface area contributed by atoms with Crippen molar-refractivity contribution in [3.8, 4) is 0 Å². The number of hydrogen-bond acceptors (Lipinski definition) is 1. The van der Waals surface area contributed by atoms with Gasteiger partial charge in [-0.05, 0) is 43.4 Å². The Morgan fingerprint density at radius 3 is 2.47 bits per heavy atom. The Morgan fingerprint density at radius 1 is 1.11 bits per heavy atom. The molecule has 3 rings (SSSR count). The molecular weight excluding hydrogens is 298 g/mol. The third-order valence-electron chi connectivity index (χ3n) is 4.80. The molecule has 0 atom stereocenters. The second-order valence-corrected chi connectivity index (χ2v) is 7.28. The first-order valence-electron chi connectivity index (χ1n) is 7.78. The molecule has 0 spiro atoms. The van der Waals surface area contributed by atoms with Crippen molar-refractivity contribution < 1.29 is 0 Å². The van der Waals surface area contributed by atoms with Gasteiger partial charge in [0.05, 0.1) is 0 Å². The summed E-state index contributed by atoms with van der Waals surface area (Å²) in [6.07, 6.45) is 11.1. The van der Waals surface area contributed by atoms with Gasteiger partial charge in [0.1, 0.15) is 0 Å². The van der Waals surface area contributed by atoms with Crippen molar-refractivity contribution in [1.29, 1.82) is 0 Å². The second kappa shape index (κ2) is 5.97. The van der Waals surface area contributed by atoms with Gasteiger partial charge in [-0.25, -0.2) is 0 Å². The van der Waals surface area contributed by atoms with Crippen LogP contribution in [0.25, 0.3) is 0 Å². The van der Waals surface area contributed by atoms with Crippen LogP contribution in [0.3, 0.4) is 0 Å². The first-order valence-corrected chi connectivity index (χ1v) is 8.57. The Bertz CT molecular complexity index is 417. The summed E-state index contributed by atoms with van der Waals surface area (Å²) in [5.74, 6) is 0. The van der Waals surface area contributed by atoms with Crippen molar-refractivity contribution in [2.75, 3.05) is 6.54 Å². The van der Waals surface area contributed by atoms with Crippen LogP contribution in [0.4, 0.5) is 0 Å². The van der Waals surface area contributed by atoms with E-state index in [1.807, 2.05) is 0 Å². The Morgan fingerprint density at radius 2 is 1.84 bits per heavy atom. The first-order chi connectivity index (χ1) is 9.28. The molecule has 0 amide bonds. The van der Waals surface area contributed by atoms with E-state index in [-0.39, 0.29) is 0 Å². The Labute approximate surface area is 125 Å². The zero-order valence-electron chi connectivity index (χ0n) is 11.6. The van der Waals surface area contributed by atoms with Crippen LogP contribution in [0.1, 0.15) is 56.9 Å². The van der Waals surface area contributed by atoms with Crippen LogP contribution in [0, 0.1) is 0 Å². The Balaban J connectivity index is 1.84. The van der Waals surface area contributed by atoms with E-state index < -0.39 is 0 Å². The van der Waals surface area contributed by atoms with E-state index >= 15 is 0 Å². The average molecular weight is 322 g/mol. The van der Waals surface area contributed by atoms with Crippen LogP contribution >= 0.6 is 15.9 Å². The van der Waals surface area contributed by atoms with Crippen molar-refractivity contribution in [1.82, 2.24) is 5.32 Å². The zero-order chi connectivity index (χ0) is 13.1. The standard InChI is InChI=1S/C17H24BrN/c18-15-7-5-6-14(12-15)17(13-19-16-8-9-16)10-3-1-2-4-11-17/h5-7,12,16,19H,1-4,8-11,13H2. The van der Waals surface area contributed by atoms with Gasteiger partial charge in [-0.15, -0.1) is 0 Å². The number of rotatable bonds is 4. The summed E-state index contributed by atoms with van der Waals surface area (Å²) < 4.78 is 1.22. The Kier molecular flexibility index (Phi) is 4.28. The minimum absolute atomic E-state index is 0.378. The molecule has 2 aliphatic carbocycles. The summed E-state index contributed by atoms with van der Waals surface area (Å²) >= 11 is 3.64. The van der Waals surface area contributed by atoms with Crippen LogP contribution in [0.5, 0.6) is 0 Å². The van der Waals surface area contributed by atoms with E-state index in [4.69, 9.17) is 0 Å². The molecule has 0 heterocycles. The van der Waals surface area contributed by atoms with Crippen LogP contribution in [-0.4, -0.2) is 12.6 Å². The molecule has 0 saturated heterocycles. The summed E-state index contributed by atoms with van der Waals surface area (Å²) in [7, 11) is 0. The lowest BCUT2D eigenvalue weighted by Crippen LogP contribution is -2.39. The lowest BCUT2D eigenvalue weighted by atomic mass is 9.74. The van der Waals surface area contributed by atoms with E-state index in [1.165, 1.54) is 67.9 Å². The van der Waals surface area contributed by atoms with Gasteiger partial charge >= 0.3 is 0 Å². The third kappa shape index (κ3) is 3.41. The van der Waals surface area contributed by atoms with E-state index in [9.17, 15) is 0 Å². The predicted molar refractivity (Wildman–Crippen MR) is 84.5 cm³/mol.